The van der Waals surface area contributed by atoms with Gasteiger partial charge in [-0.15, -0.1) is 0 Å². The van der Waals surface area contributed by atoms with Gasteiger partial charge in [-0.2, -0.15) is 0 Å². The lowest BCUT2D eigenvalue weighted by Crippen LogP contribution is -2.39. The highest BCUT2D eigenvalue weighted by Gasteiger charge is 2.29. The number of carbonyl (C=O) groups is 2. The number of unbranched alkanes of at least 4 members (excludes halogenated alkanes) is 3. The van der Waals surface area contributed by atoms with Gasteiger partial charge in [0.15, 0.2) is 0 Å². The topological polar surface area (TPSA) is 81.5 Å². The van der Waals surface area contributed by atoms with Crippen molar-refractivity contribution in [3.05, 3.63) is 70.3 Å². The molecule has 0 saturated heterocycles. The van der Waals surface area contributed by atoms with Crippen LogP contribution in [0, 0.1) is 6.92 Å². The molecule has 0 fully saturated rings. The van der Waals surface area contributed by atoms with Crippen molar-refractivity contribution in [3.8, 4) is 5.69 Å². The van der Waals surface area contributed by atoms with Gasteiger partial charge in [0.05, 0.1) is 35.7 Å². The van der Waals surface area contributed by atoms with E-state index in [4.69, 9.17) is 9.72 Å². The van der Waals surface area contributed by atoms with Gasteiger partial charge in [-0.05, 0) is 51.0 Å². The zero-order valence-electron chi connectivity index (χ0n) is 22.5. The minimum absolute atomic E-state index is 0.0322. The number of ether oxygens (including phenoxy) is 1. The average molecular weight is 506 g/mol. The quantitative estimate of drug-likeness (QED) is 0.213. The molecule has 0 aliphatic heterocycles. The lowest BCUT2D eigenvalue weighted by atomic mass is 10.1. The lowest BCUT2D eigenvalue weighted by Gasteiger charge is -2.32. The van der Waals surface area contributed by atoms with Crippen LogP contribution in [0.3, 0.4) is 0 Å². The highest BCUT2D eigenvalue weighted by atomic mass is 16.5. The SMILES string of the molecule is CCCCCCN(C(=O)CCC(=O)OCC)C(CC)c1nc2ccccc2c(=O)n1-c1ccc(C)cc1. The van der Waals surface area contributed by atoms with Crippen molar-refractivity contribution in [3.63, 3.8) is 0 Å². The normalized spacial score (nSPS) is 11.9. The molecule has 7 heteroatoms. The molecule has 0 bridgehead atoms. The van der Waals surface area contributed by atoms with Crippen LogP contribution in [-0.2, 0) is 14.3 Å². The number of aromatic nitrogens is 2. The van der Waals surface area contributed by atoms with E-state index >= 15 is 0 Å². The third-order valence-electron chi connectivity index (χ3n) is 6.58. The molecule has 0 saturated carbocycles. The molecule has 1 atom stereocenters. The summed E-state index contributed by atoms with van der Waals surface area (Å²) in [6, 6.07) is 14.7. The Morgan fingerprint density at radius 1 is 0.973 bits per heavy atom. The fraction of sp³-hybridized carbons (Fsp3) is 0.467. The summed E-state index contributed by atoms with van der Waals surface area (Å²) in [4.78, 5) is 46.1. The van der Waals surface area contributed by atoms with Gasteiger partial charge in [-0.1, -0.05) is 62.9 Å². The Balaban J connectivity index is 2.10. The van der Waals surface area contributed by atoms with Crippen molar-refractivity contribution in [2.45, 2.75) is 78.7 Å². The molecule has 3 rings (SSSR count). The first kappa shape index (κ1) is 28.1. The highest BCUT2D eigenvalue weighted by Crippen LogP contribution is 2.27. The molecule has 0 radical (unpaired) electrons. The van der Waals surface area contributed by atoms with Gasteiger partial charge < -0.3 is 9.64 Å². The van der Waals surface area contributed by atoms with Gasteiger partial charge in [-0.25, -0.2) is 4.98 Å². The molecular formula is C30H39N3O4. The van der Waals surface area contributed by atoms with Gasteiger partial charge in [0.1, 0.15) is 5.82 Å². The Bertz CT molecular complexity index is 1250. The summed E-state index contributed by atoms with van der Waals surface area (Å²) in [6.07, 6.45) is 4.70. The van der Waals surface area contributed by atoms with Crippen LogP contribution in [0.5, 0.6) is 0 Å². The molecule has 3 aromatic rings. The number of nitrogens with zero attached hydrogens (tertiary/aromatic N) is 3. The molecule has 37 heavy (non-hydrogen) atoms. The first-order chi connectivity index (χ1) is 17.9. The van der Waals surface area contributed by atoms with E-state index in [-0.39, 0.29) is 36.9 Å². The summed E-state index contributed by atoms with van der Waals surface area (Å²) in [5.41, 5.74) is 2.25. The van der Waals surface area contributed by atoms with Crippen molar-refractivity contribution in [1.29, 1.82) is 0 Å². The molecule has 1 aromatic heterocycles. The van der Waals surface area contributed by atoms with E-state index in [0.29, 0.717) is 35.4 Å². The summed E-state index contributed by atoms with van der Waals surface area (Å²) < 4.78 is 6.69. The van der Waals surface area contributed by atoms with E-state index in [1.807, 2.05) is 61.2 Å². The number of rotatable bonds is 13. The summed E-state index contributed by atoms with van der Waals surface area (Å²) >= 11 is 0. The summed E-state index contributed by atoms with van der Waals surface area (Å²) in [5.74, 6) is 0.0273. The fourth-order valence-corrected chi connectivity index (χ4v) is 4.61. The molecular weight excluding hydrogens is 466 g/mol. The molecule has 0 N–H and O–H groups in total. The van der Waals surface area contributed by atoms with Gasteiger partial charge >= 0.3 is 5.97 Å². The van der Waals surface area contributed by atoms with Crippen LogP contribution in [0.15, 0.2) is 53.3 Å². The maximum absolute atomic E-state index is 13.8. The Hall–Kier alpha value is -3.48. The standard InChI is InChI=1S/C30H39N3O4/c1-5-8-9-12-21-32(27(34)19-20-28(35)37-7-3)26(6-2)29-31-25-14-11-10-13-24(25)30(36)33(29)23-17-15-22(4)16-18-23/h10-11,13-18,26H,5-9,12,19-21H2,1-4H3. The second-order valence-electron chi connectivity index (χ2n) is 9.34. The van der Waals surface area contributed by atoms with Gasteiger partial charge in [0.25, 0.3) is 5.56 Å². The Kier molecular flexibility index (Phi) is 10.4. The third-order valence-corrected chi connectivity index (χ3v) is 6.58. The molecule has 198 valence electrons. The molecule has 1 amide bonds. The van der Waals surface area contributed by atoms with Crippen LogP contribution in [0.25, 0.3) is 16.6 Å². The molecule has 1 unspecified atom stereocenters. The minimum atomic E-state index is -0.421. The number of aryl methyl sites for hydroxylation is 1. The van der Waals surface area contributed by atoms with Crippen molar-refractivity contribution < 1.29 is 14.3 Å². The number of amides is 1. The smallest absolute Gasteiger partial charge is 0.306 e. The second-order valence-corrected chi connectivity index (χ2v) is 9.34. The van der Waals surface area contributed by atoms with Crippen LogP contribution in [0.2, 0.25) is 0 Å². The zero-order valence-corrected chi connectivity index (χ0v) is 22.5. The van der Waals surface area contributed by atoms with Gasteiger partial charge in [0, 0.05) is 13.0 Å². The van der Waals surface area contributed by atoms with Crippen LogP contribution >= 0.6 is 0 Å². The monoisotopic (exact) mass is 505 g/mol. The number of hydrogen-bond acceptors (Lipinski definition) is 5. The molecule has 0 spiro atoms. The van der Waals surface area contributed by atoms with E-state index in [0.717, 1.165) is 31.2 Å². The van der Waals surface area contributed by atoms with Crippen LogP contribution in [-0.4, -0.2) is 39.5 Å². The molecule has 1 heterocycles. The van der Waals surface area contributed by atoms with Crippen molar-refractivity contribution >= 4 is 22.8 Å². The predicted octanol–water partition coefficient (Wildman–Crippen LogP) is 5.90. The molecule has 0 aliphatic rings. The van der Waals surface area contributed by atoms with Crippen molar-refractivity contribution in [2.75, 3.05) is 13.2 Å². The lowest BCUT2D eigenvalue weighted by molar-refractivity contribution is -0.146. The van der Waals surface area contributed by atoms with E-state index in [1.165, 1.54) is 0 Å². The number of benzene rings is 2. The van der Waals surface area contributed by atoms with Crippen molar-refractivity contribution in [1.82, 2.24) is 14.5 Å². The van der Waals surface area contributed by atoms with Crippen LogP contribution in [0.1, 0.15) is 83.1 Å². The fourth-order valence-electron chi connectivity index (χ4n) is 4.61. The Morgan fingerprint density at radius 2 is 1.70 bits per heavy atom. The summed E-state index contributed by atoms with van der Waals surface area (Å²) in [6.45, 7) is 8.73. The zero-order chi connectivity index (χ0) is 26.8. The van der Waals surface area contributed by atoms with E-state index in [1.54, 1.807) is 17.6 Å². The number of carbonyl (C=O) groups excluding carboxylic acids is 2. The first-order valence-corrected chi connectivity index (χ1v) is 13.4. The highest BCUT2D eigenvalue weighted by molar-refractivity contribution is 5.82. The van der Waals surface area contributed by atoms with Crippen molar-refractivity contribution in [2.24, 2.45) is 0 Å². The largest absolute Gasteiger partial charge is 0.466 e. The predicted molar refractivity (Wildman–Crippen MR) is 147 cm³/mol. The maximum atomic E-state index is 13.8. The number of para-hydroxylation sites is 1. The van der Waals surface area contributed by atoms with E-state index in [2.05, 4.69) is 6.92 Å². The van der Waals surface area contributed by atoms with Gasteiger partial charge in [0.2, 0.25) is 5.91 Å². The van der Waals surface area contributed by atoms with Gasteiger partial charge in [-0.3, -0.25) is 19.0 Å². The van der Waals surface area contributed by atoms with E-state index < -0.39 is 6.04 Å². The van der Waals surface area contributed by atoms with Crippen LogP contribution < -0.4 is 5.56 Å². The number of esters is 1. The van der Waals surface area contributed by atoms with Crippen LogP contribution in [0.4, 0.5) is 0 Å². The second kappa shape index (κ2) is 13.7. The summed E-state index contributed by atoms with van der Waals surface area (Å²) in [7, 11) is 0. The maximum Gasteiger partial charge on any atom is 0.306 e. The third kappa shape index (κ3) is 7.06. The molecule has 0 aliphatic carbocycles. The Morgan fingerprint density at radius 3 is 2.38 bits per heavy atom. The molecule has 2 aromatic carbocycles. The molecule has 7 nitrogen and oxygen atoms in total. The Labute approximate surface area is 219 Å². The average Bonchev–Trinajstić information content (AvgIpc) is 2.90. The first-order valence-electron chi connectivity index (χ1n) is 13.4. The number of fused-ring (bicyclic) bond motifs is 1. The van der Waals surface area contributed by atoms with E-state index in [9.17, 15) is 14.4 Å². The summed E-state index contributed by atoms with van der Waals surface area (Å²) in [5, 5.41) is 0.532. The minimum Gasteiger partial charge on any atom is -0.466 e. The number of hydrogen-bond donors (Lipinski definition) is 0.